The number of nitrogens with zero attached hydrogens (tertiary/aromatic N) is 1. The van der Waals surface area contributed by atoms with E-state index in [0.717, 1.165) is 19.4 Å². The van der Waals surface area contributed by atoms with Crippen molar-refractivity contribution in [2.24, 2.45) is 0 Å². The Kier molecular flexibility index (Phi) is 3.81. The fourth-order valence-electron chi connectivity index (χ4n) is 2.46. The second-order valence-corrected chi connectivity index (χ2v) is 5.83. The molecule has 0 amide bonds. The fraction of sp³-hybridized carbons (Fsp3) is 0.600. The number of rotatable bonds is 4. The highest BCUT2D eigenvalue weighted by molar-refractivity contribution is 5.69. The van der Waals surface area contributed by atoms with Crippen LogP contribution in [0.25, 0.3) is 0 Å². The van der Waals surface area contributed by atoms with Crippen molar-refractivity contribution >= 4 is 11.4 Å². The Labute approximate surface area is 110 Å². The third-order valence-corrected chi connectivity index (χ3v) is 3.46. The first-order valence-corrected chi connectivity index (χ1v) is 6.66. The summed E-state index contributed by atoms with van der Waals surface area (Å²) in [5.41, 5.74) is 2.44. The molecule has 100 valence electrons. The van der Waals surface area contributed by atoms with Crippen LogP contribution >= 0.6 is 0 Å². The van der Waals surface area contributed by atoms with Gasteiger partial charge in [0.05, 0.1) is 23.1 Å². The minimum atomic E-state index is 0.0490. The number of hydrogen-bond donors (Lipinski definition) is 1. The molecule has 1 unspecified atom stereocenters. The highest BCUT2D eigenvalue weighted by Crippen LogP contribution is 2.30. The lowest BCUT2D eigenvalue weighted by Crippen LogP contribution is -2.25. The molecule has 1 aliphatic heterocycles. The second-order valence-electron chi connectivity index (χ2n) is 5.83. The van der Waals surface area contributed by atoms with Gasteiger partial charge in [-0.1, -0.05) is 12.1 Å². The van der Waals surface area contributed by atoms with Crippen molar-refractivity contribution in [1.82, 2.24) is 0 Å². The fourth-order valence-corrected chi connectivity index (χ4v) is 2.46. The monoisotopic (exact) mass is 248 g/mol. The standard InChI is InChI=1S/C15H24N2O/c1-15(2)10-9-12(18-15)11-16-13-7-5-6-8-14(13)17(3)4/h5-8,12,16H,9-11H2,1-4H3. The molecule has 1 atom stereocenters. The van der Waals surface area contributed by atoms with E-state index < -0.39 is 0 Å². The van der Waals surface area contributed by atoms with E-state index in [2.05, 4.69) is 62.4 Å². The van der Waals surface area contributed by atoms with Crippen LogP contribution < -0.4 is 10.2 Å². The van der Waals surface area contributed by atoms with Gasteiger partial charge >= 0.3 is 0 Å². The summed E-state index contributed by atoms with van der Waals surface area (Å²) in [7, 11) is 4.13. The number of hydrogen-bond acceptors (Lipinski definition) is 3. The van der Waals surface area contributed by atoms with Crippen molar-refractivity contribution in [2.75, 3.05) is 30.9 Å². The van der Waals surface area contributed by atoms with Crippen LogP contribution in [-0.4, -0.2) is 32.3 Å². The molecular weight excluding hydrogens is 224 g/mol. The lowest BCUT2D eigenvalue weighted by molar-refractivity contribution is -0.00910. The molecule has 3 heteroatoms. The maximum Gasteiger partial charge on any atom is 0.0755 e. The van der Waals surface area contributed by atoms with E-state index in [0.29, 0.717) is 6.10 Å². The highest BCUT2D eigenvalue weighted by Gasteiger charge is 2.31. The van der Waals surface area contributed by atoms with Gasteiger partial charge in [-0.15, -0.1) is 0 Å². The predicted octanol–water partition coefficient (Wildman–Crippen LogP) is 3.12. The summed E-state index contributed by atoms with van der Waals surface area (Å²) < 4.78 is 5.99. The number of para-hydroxylation sites is 2. The quantitative estimate of drug-likeness (QED) is 0.886. The highest BCUT2D eigenvalue weighted by atomic mass is 16.5. The Bertz CT molecular complexity index is 401. The third kappa shape index (κ3) is 3.16. The number of nitrogens with one attached hydrogen (secondary N) is 1. The van der Waals surface area contributed by atoms with Crippen molar-refractivity contribution in [2.45, 2.75) is 38.4 Å². The molecule has 1 heterocycles. The molecule has 0 saturated carbocycles. The summed E-state index contributed by atoms with van der Waals surface area (Å²) in [4.78, 5) is 2.13. The minimum absolute atomic E-state index is 0.0490. The number of anilines is 2. The lowest BCUT2D eigenvalue weighted by Gasteiger charge is -2.22. The van der Waals surface area contributed by atoms with Gasteiger partial charge in [0.25, 0.3) is 0 Å². The predicted molar refractivity (Wildman–Crippen MR) is 77.4 cm³/mol. The summed E-state index contributed by atoms with van der Waals surface area (Å²) in [6, 6.07) is 8.38. The molecule has 1 fully saturated rings. The summed E-state index contributed by atoms with van der Waals surface area (Å²) in [6.45, 7) is 5.22. The van der Waals surface area contributed by atoms with E-state index in [4.69, 9.17) is 4.74 Å². The molecule has 0 aromatic heterocycles. The average molecular weight is 248 g/mol. The van der Waals surface area contributed by atoms with E-state index in [1.54, 1.807) is 0 Å². The molecule has 18 heavy (non-hydrogen) atoms. The largest absolute Gasteiger partial charge is 0.381 e. The van der Waals surface area contributed by atoms with Gasteiger partial charge in [-0.25, -0.2) is 0 Å². The van der Waals surface area contributed by atoms with Crippen LogP contribution in [0.4, 0.5) is 11.4 Å². The first-order valence-electron chi connectivity index (χ1n) is 6.66. The topological polar surface area (TPSA) is 24.5 Å². The molecule has 2 rings (SSSR count). The Hall–Kier alpha value is -1.22. The van der Waals surface area contributed by atoms with Crippen LogP contribution in [0, 0.1) is 0 Å². The molecule has 1 saturated heterocycles. The van der Waals surface area contributed by atoms with Crippen LogP contribution in [0.3, 0.4) is 0 Å². The smallest absolute Gasteiger partial charge is 0.0755 e. The molecular formula is C15H24N2O. The lowest BCUT2D eigenvalue weighted by atomic mass is 10.1. The molecule has 0 aliphatic carbocycles. The number of benzene rings is 1. The summed E-state index contributed by atoms with van der Waals surface area (Å²) in [5.74, 6) is 0. The summed E-state index contributed by atoms with van der Waals surface area (Å²) in [5, 5.41) is 3.51. The SMILES string of the molecule is CN(C)c1ccccc1NCC1CCC(C)(C)O1. The summed E-state index contributed by atoms with van der Waals surface area (Å²) >= 11 is 0. The van der Waals surface area contributed by atoms with Crippen LogP contribution in [0.2, 0.25) is 0 Å². The van der Waals surface area contributed by atoms with Gasteiger partial charge in [-0.2, -0.15) is 0 Å². The first kappa shape index (κ1) is 13.2. The Morgan fingerprint density at radius 2 is 2.06 bits per heavy atom. The van der Waals surface area contributed by atoms with Crippen molar-refractivity contribution < 1.29 is 4.74 Å². The first-order chi connectivity index (χ1) is 8.48. The van der Waals surface area contributed by atoms with Gasteiger partial charge in [-0.3, -0.25) is 0 Å². The van der Waals surface area contributed by atoms with Gasteiger partial charge in [0.1, 0.15) is 0 Å². The molecule has 1 aromatic carbocycles. The van der Waals surface area contributed by atoms with E-state index in [1.165, 1.54) is 11.4 Å². The van der Waals surface area contributed by atoms with Crippen LogP contribution in [0.5, 0.6) is 0 Å². The van der Waals surface area contributed by atoms with E-state index >= 15 is 0 Å². The maximum atomic E-state index is 5.99. The zero-order chi connectivity index (χ0) is 13.2. The van der Waals surface area contributed by atoms with Gasteiger partial charge in [-0.05, 0) is 38.8 Å². The third-order valence-electron chi connectivity index (χ3n) is 3.46. The molecule has 1 aromatic rings. The molecule has 1 aliphatic rings. The van der Waals surface area contributed by atoms with Crippen molar-refractivity contribution in [3.05, 3.63) is 24.3 Å². The summed E-state index contributed by atoms with van der Waals surface area (Å²) in [6.07, 6.45) is 2.62. The van der Waals surface area contributed by atoms with E-state index in [-0.39, 0.29) is 5.60 Å². The molecule has 0 bridgehead atoms. The van der Waals surface area contributed by atoms with Gasteiger partial charge in [0, 0.05) is 20.6 Å². The molecule has 0 radical (unpaired) electrons. The molecule has 0 spiro atoms. The zero-order valence-corrected chi connectivity index (χ0v) is 11.9. The molecule has 3 nitrogen and oxygen atoms in total. The van der Waals surface area contributed by atoms with Crippen molar-refractivity contribution in [1.29, 1.82) is 0 Å². The minimum Gasteiger partial charge on any atom is -0.381 e. The van der Waals surface area contributed by atoms with Crippen molar-refractivity contribution in [3.8, 4) is 0 Å². The van der Waals surface area contributed by atoms with Crippen LogP contribution in [0.1, 0.15) is 26.7 Å². The number of ether oxygens (including phenoxy) is 1. The van der Waals surface area contributed by atoms with Crippen LogP contribution in [-0.2, 0) is 4.74 Å². The van der Waals surface area contributed by atoms with Crippen molar-refractivity contribution in [3.63, 3.8) is 0 Å². The average Bonchev–Trinajstić information content (AvgIpc) is 2.66. The van der Waals surface area contributed by atoms with Gasteiger partial charge < -0.3 is 15.0 Å². The van der Waals surface area contributed by atoms with Gasteiger partial charge in [0.2, 0.25) is 0 Å². The Morgan fingerprint density at radius 1 is 1.33 bits per heavy atom. The van der Waals surface area contributed by atoms with Gasteiger partial charge in [0.15, 0.2) is 0 Å². The van der Waals surface area contributed by atoms with E-state index in [9.17, 15) is 0 Å². The zero-order valence-electron chi connectivity index (χ0n) is 11.9. The maximum absolute atomic E-state index is 5.99. The molecule has 1 N–H and O–H groups in total. The Morgan fingerprint density at radius 3 is 2.67 bits per heavy atom. The van der Waals surface area contributed by atoms with E-state index in [1.807, 2.05) is 0 Å². The Balaban J connectivity index is 1.95. The van der Waals surface area contributed by atoms with Crippen LogP contribution in [0.15, 0.2) is 24.3 Å². The normalized spacial score (nSPS) is 21.9. The second kappa shape index (κ2) is 5.19.